The van der Waals surface area contributed by atoms with Crippen molar-refractivity contribution in [1.82, 2.24) is 0 Å². The number of benzene rings is 3. The van der Waals surface area contributed by atoms with Crippen LogP contribution in [0, 0.1) is 13.8 Å². The Morgan fingerprint density at radius 1 is 0.900 bits per heavy atom. The van der Waals surface area contributed by atoms with Gasteiger partial charge in [0.05, 0.1) is 17.5 Å². The Morgan fingerprint density at radius 3 is 2.40 bits per heavy atom. The van der Waals surface area contributed by atoms with Crippen LogP contribution in [-0.2, 0) is 4.74 Å². The molecule has 0 saturated carbocycles. The number of carbonyl (C=O) groups is 1. The van der Waals surface area contributed by atoms with Crippen LogP contribution < -0.4 is 10.7 Å². The molecular formula is C34H43ClN2O3. The number of hydrogen-bond donors (Lipinski definition) is 1. The molecule has 2 aliphatic rings. The number of nitrogens with zero attached hydrogens (tertiary/aromatic N) is 1. The second kappa shape index (κ2) is 14.9. The summed E-state index contributed by atoms with van der Waals surface area (Å²) in [6.45, 7) is 12.8. The number of esters is 1. The molecule has 0 saturated heterocycles. The summed E-state index contributed by atoms with van der Waals surface area (Å²) in [5.74, 6) is 0.467. The van der Waals surface area contributed by atoms with E-state index in [1.807, 2.05) is 24.3 Å². The number of unbranched alkanes of at least 4 members (excludes halogenated alkanes) is 3. The predicted octanol–water partition coefficient (Wildman–Crippen LogP) is 9.11. The molecule has 2 aromatic rings. The van der Waals surface area contributed by atoms with Crippen LogP contribution in [0.2, 0.25) is 0 Å². The monoisotopic (exact) mass is 562 g/mol. The molecule has 0 atom stereocenters. The molecule has 0 radical (unpaired) electrons. The lowest BCUT2D eigenvalue weighted by Gasteiger charge is -2.20. The normalized spacial score (nSPS) is 11.6. The molecule has 0 amide bonds. The van der Waals surface area contributed by atoms with E-state index in [1.54, 1.807) is 0 Å². The maximum absolute atomic E-state index is 13.3. The van der Waals surface area contributed by atoms with E-state index in [1.165, 1.54) is 0 Å². The highest BCUT2D eigenvalue weighted by atomic mass is 35.5. The van der Waals surface area contributed by atoms with E-state index in [-0.39, 0.29) is 18.4 Å². The van der Waals surface area contributed by atoms with Gasteiger partial charge in [-0.25, -0.2) is 4.79 Å². The number of fused-ring (bicyclic) bond motifs is 2. The Balaban J connectivity index is 0.00000441. The van der Waals surface area contributed by atoms with Crippen LogP contribution in [0.3, 0.4) is 0 Å². The van der Waals surface area contributed by atoms with Crippen molar-refractivity contribution in [3.05, 3.63) is 70.6 Å². The first-order valence-electron chi connectivity index (χ1n) is 14.5. The van der Waals surface area contributed by atoms with Crippen LogP contribution in [0.5, 0.6) is 0 Å². The zero-order valence-corrected chi connectivity index (χ0v) is 25.4. The fourth-order valence-corrected chi connectivity index (χ4v) is 4.86. The van der Waals surface area contributed by atoms with E-state index in [0.29, 0.717) is 12.2 Å². The average Bonchev–Trinajstić information content (AvgIpc) is 2.93. The van der Waals surface area contributed by atoms with Crippen molar-refractivity contribution in [1.29, 1.82) is 0 Å². The Morgan fingerprint density at radius 2 is 1.65 bits per heavy atom. The van der Waals surface area contributed by atoms with Crippen molar-refractivity contribution >= 4 is 35.0 Å². The molecule has 0 unspecified atom stereocenters. The Kier molecular flexibility index (Phi) is 11.6. The van der Waals surface area contributed by atoms with Gasteiger partial charge in [-0.2, -0.15) is 0 Å². The molecule has 1 N–H and O–H groups in total. The lowest BCUT2D eigenvalue weighted by atomic mass is 9.89. The van der Waals surface area contributed by atoms with Gasteiger partial charge in [0.25, 0.3) is 0 Å². The lowest BCUT2D eigenvalue weighted by molar-refractivity contribution is 0.0500. The van der Waals surface area contributed by atoms with Crippen LogP contribution in [0.25, 0.3) is 33.4 Å². The van der Waals surface area contributed by atoms with Crippen LogP contribution >= 0.6 is 12.4 Å². The molecule has 1 aliphatic carbocycles. The number of halogens is 1. The lowest BCUT2D eigenvalue weighted by Crippen LogP contribution is -2.11. The molecule has 0 bridgehead atoms. The van der Waals surface area contributed by atoms with E-state index in [0.717, 1.165) is 107 Å². The molecule has 214 valence electrons. The summed E-state index contributed by atoms with van der Waals surface area (Å²) in [4.78, 5) is 18.1. The van der Waals surface area contributed by atoms with Crippen LogP contribution in [-0.4, -0.2) is 25.7 Å². The van der Waals surface area contributed by atoms with Gasteiger partial charge in [0.1, 0.15) is 11.3 Å². The van der Waals surface area contributed by atoms with Crippen molar-refractivity contribution in [2.24, 2.45) is 4.99 Å². The minimum Gasteiger partial charge on any atom is -0.462 e. The molecule has 0 spiro atoms. The van der Waals surface area contributed by atoms with Crippen molar-refractivity contribution in [3.8, 4) is 22.5 Å². The molecule has 0 aromatic heterocycles. The van der Waals surface area contributed by atoms with Gasteiger partial charge in [-0.15, -0.1) is 12.4 Å². The number of aryl methyl sites for hydroxylation is 2. The van der Waals surface area contributed by atoms with Crippen molar-refractivity contribution in [3.63, 3.8) is 0 Å². The highest BCUT2D eigenvalue weighted by molar-refractivity contribution is 6.08. The Bertz CT molecular complexity index is 1470. The quantitative estimate of drug-likeness (QED) is 0.106. The van der Waals surface area contributed by atoms with Gasteiger partial charge in [-0.3, -0.25) is 4.99 Å². The third-order valence-corrected chi connectivity index (χ3v) is 7.17. The first-order valence-corrected chi connectivity index (χ1v) is 14.5. The smallest absolute Gasteiger partial charge is 0.338 e. The van der Waals surface area contributed by atoms with E-state index in [9.17, 15) is 4.79 Å². The van der Waals surface area contributed by atoms with Gasteiger partial charge >= 0.3 is 5.97 Å². The van der Waals surface area contributed by atoms with Gasteiger partial charge in [0, 0.05) is 47.4 Å². The fraction of sp³-hybridized carbons (Fsp3) is 0.412. The van der Waals surface area contributed by atoms with E-state index in [2.05, 4.69) is 64.2 Å². The fourth-order valence-electron chi connectivity index (χ4n) is 4.86. The summed E-state index contributed by atoms with van der Waals surface area (Å²) in [5, 5.41) is 5.50. The van der Waals surface area contributed by atoms with Gasteiger partial charge in [-0.1, -0.05) is 58.2 Å². The minimum atomic E-state index is -0.293. The number of hydrogen-bond acceptors (Lipinski definition) is 5. The Hall–Kier alpha value is -3.31. The van der Waals surface area contributed by atoms with Crippen molar-refractivity contribution < 1.29 is 13.9 Å². The summed E-state index contributed by atoms with van der Waals surface area (Å²) in [5.41, 5.74) is 7.45. The SMILES string of the molecule is CCCCN=c1cc2oc3cc(NCCCC)c(C)cc3c(-c3ccccc3C(=O)OCCCC)c-2cc1C.Cl. The predicted molar refractivity (Wildman–Crippen MR) is 169 cm³/mol. The molecule has 2 aromatic carbocycles. The van der Waals surface area contributed by atoms with E-state index >= 15 is 0 Å². The van der Waals surface area contributed by atoms with E-state index < -0.39 is 0 Å². The van der Waals surface area contributed by atoms with E-state index in [4.69, 9.17) is 14.1 Å². The first-order chi connectivity index (χ1) is 19.0. The van der Waals surface area contributed by atoms with Crippen LogP contribution in [0.4, 0.5) is 5.69 Å². The summed E-state index contributed by atoms with van der Waals surface area (Å²) in [6, 6.07) is 16.2. The van der Waals surface area contributed by atoms with Crippen molar-refractivity contribution in [2.45, 2.75) is 73.1 Å². The minimum absolute atomic E-state index is 0. The second-order valence-electron chi connectivity index (χ2n) is 10.3. The molecule has 40 heavy (non-hydrogen) atoms. The standard InChI is InChI=1S/C34H42N2O3.ClH/c1-6-9-16-35-29-21-31-27(19-23(29)4)33(25-14-12-13-15-26(25)34(37)38-18-11-8-3)28-20-24(5)30(22-32(28)39-31)36-17-10-7-2;/h12-15,19-22,35H,6-11,16-18H2,1-5H3;1H. The Labute approximate surface area is 244 Å². The number of ether oxygens (including phenoxy) is 1. The van der Waals surface area contributed by atoms with Crippen LogP contribution in [0.1, 0.15) is 80.8 Å². The summed E-state index contributed by atoms with van der Waals surface area (Å²) in [6.07, 6.45) is 6.22. The van der Waals surface area contributed by atoms with Gasteiger partial charge < -0.3 is 14.5 Å². The highest BCUT2D eigenvalue weighted by Crippen LogP contribution is 2.43. The zero-order chi connectivity index (χ0) is 27.8. The summed E-state index contributed by atoms with van der Waals surface area (Å²) < 4.78 is 12.2. The van der Waals surface area contributed by atoms with Crippen molar-refractivity contribution in [2.75, 3.05) is 25.0 Å². The second-order valence-corrected chi connectivity index (χ2v) is 10.3. The highest BCUT2D eigenvalue weighted by Gasteiger charge is 2.23. The number of anilines is 1. The summed E-state index contributed by atoms with van der Waals surface area (Å²) >= 11 is 0. The average molecular weight is 563 g/mol. The number of carbonyl (C=O) groups excluding carboxylic acids is 1. The maximum atomic E-state index is 13.3. The number of nitrogens with one attached hydrogen (secondary N) is 1. The molecule has 4 rings (SSSR count). The van der Waals surface area contributed by atoms with Crippen LogP contribution in [0.15, 0.2) is 57.9 Å². The molecule has 5 nitrogen and oxygen atoms in total. The summed E-state index contributed by atoms with van der Waals surface area (Å²) in [7, 11) is 0. The zero-order valence-electron chi connectivity index (χ0n) is 24.6. The van der Waals surface area contributed by atoms with Gasteiger partial charge in [0.2, 0.25) is 0 Å². The third-order valence-electron chi connectivity index (χ3n) is 7.17. The first kappa shape index (κ1) is 31.2. The molecular weight excluding hydrogens is 520 g/mol. The third kappa shape index (κ3) is 7.06. The maximum Gasteiger partial charge on any atom is 0.338 e. The van der Waals surface area contributed by atoms with Gasteiger partial charge in [-0.05, 0) is 68.0 Å². The largest absolute Gasteiger partial charge is 0.462 e. The van der Waals surface area contributed by atoms with Gasteiger partial charge in [0.15, 0.2) is 0 Å². The molecule has 1 aliphatic heterocycles. The topological polar surface area (TPSA) is 63.8 Å². The number of rotatable bonds is 12. The molecule has 0 fully saturated rings. The molecule has 1 heterocycles. The molecule has 6 heteroatoms.